The van der Waals surface area contributed by atoms with E-state index in [-0.39, 0.29) is 0 Å². The maximum atomic E-state index is 6.31. The first-order valence-corrected chi connectivity index (χ1v) is 6.67. The van der Waals surface area contributed by atoms with Gasteiger partial charge in [0.1, 0.15) is 0 Å². The van der Waals surface area contributed by atoms with E-state index in [1.807, 2.05) is 19.9 Å². The first-order chi connectivity index (χ1) is 7.00. The van der Waals surface area contributed by atoms with E-state index in [4.69, 9.17) is 11.6 Å². The van der Waals surface area contributed by atoms with Crippen molar-refractivity contribution in [3.05, 3.63) is 36.5 Å². The summed E-state index contributed by atoms with van der Waals surface area (Å²) < 4.78 is 2.15. The molecule has 0 spiro atoms. The lowest BCUT2D eigenvalue weighted by Gasteiger charge is -2.08. The van der Waals surface area contributed by atoms with E-state index in [9.17, 15) is 0 Å². The van der Waals surface area contributed by atoms with E-state index in [2.05, 4.69) is 49.6 Å². The number of pyridine rings is 1. The Kier molecular flexibility index (Phi) is 3.24. The van der Waals surface area contributed by atoms with Crippen molar-refractivity contribution in [3.63, 3.8) is 0 Å². The average molecular weight is 396 g/mol. The van der Waals surface area contributed by atoms with Crippen LogP contribution in [0.5, 0.6) is 0 Å². The Hall–Kier alpha value is 0.130. The molecule has 0 N–H and O–H groups in total. The third kappa shape index (κ3) is 2.01. The van der Waals surface area contributed by atoms with Crippen molar-refractivity contribution in [1.29, 1.82) is 0 Å². The lowest BCUT2D eigenvalue weighted by molar-refractivity contribution is 1.19. The maximum absolute atomic E-state index is 6.31. The first kappa shape index (κ1) is 11.6. The van der Waals surface area contributed by atoms with Crippen LogP contribution in [0.2, 0.25) is 5.02 Å². The lowest BCUT2D eigenvalue weighted by Crippen LogP contribution is -1.92. The van der Waals surface area contributed by atoms with Crippen molar-refractivity contribution in [2.24, 2.45) is 0 Å². The van der Waals surface area contributed by atoms with E-state index in [0.717, 1.165) is 35.2 Å². The molecule has 1 aromatic heterocycles. The van der Waals surface area contributed by atoms with Crippen molar-refractivity contribution >= 4 is 61.0 Å². The molecule has 0 aliphatic rings. The van der Waals surface area contributed by atoms with Crippen LogP contribution in [-0.2, 0) is 0 Å². The summed E-state index contributed by atoms with van der Waals surface area (Å²) in [6.07, 6.45) is 0. The summed E-state index contributed by atoms with van der Waals surface area (Å²) in [5.74, 6) is 0. The Labute approximate surface area is 115 Å². The van der Waals surface area contributed by atoms with Gasteiger partial charge in [-0.1, -0.05) is 11.6 Å². The van der Waals surface area contributed by atoms with Gasteiger partial charge in [-0.25, -0.2) is 0 Å². The lowest BCUT2D eigenvalue weighted by atomic mass is 10.1. The predicted octanol–water partition coefficient (Wildman–Crippen LogP) is 4.87. The van der Waals surface area contributed by atoms with E-state index in [1.54, 1.807) is 0 Å². The molecule has 0 bridgehead atoms. The zero-order chi connectivity index (χ0) is 11.2. The molecule has 1 nitrogen and oxygen atoms in total. The summed E-state index contributed by atoms with van der Waals surface area (Å²) in [6, 6.07) is 4.10. The van der Waals surface area contributed by atoms with Crippen LogP contribution in [0.25, 0.3) is 10.9 Å². The predicted molar refractivity (Wildman–Crippen MR) is 76.6 cm³/mol. The van der Waals surface area contributed by atoms with Gasteiger partial charge in [0, 0.05) is 19.1 Å². The molecule has 0 fully saturated rings. The van der Waals surface area contributed by atoms with E-state index < -0.39 is 0 Å². The van der Waals surface area contributed by atoms with Gasteiger partial charge in [0.2, 0.25) is 0 Å². The van der Waals surface area contributed by atoms with Crippen LogP contribution in [0, 0.1) is 17.4 Å². The van der Waals surface area contributed by atoms with Gasteiger partial charge < -0.3 is 0 Å². The van der Waals surface area contributed by atoms with Gasteiger partial charge >= 0.3 is 0 Å². The first-order valence-electron chi connectivity index (χ1n) is 4.42. The number of hydrogen-bond donors (Lipinski definition) is 0. The van der Waals surface area contributed by atoms with Gasteiger partial charge in [-0.2, -0.15) is 0 Å². The van der Waals surface area contributed by atoms with E-state index in [1.165, 1.54) is 0 Å². The fourth-order valence-electron chi connectivity index (χ4n) is 1.46. The van der Waals surface area contributed by atoms with E-state index >= 15 is 0 Å². The van der Waals surface area contributed by atoms with Crippen LogP contribution in [-0.4, -0.2) is 4.98 Å². The molecule has 4 heteroatoms. The summed E-state index contributed by atoms with van der Waals surface area (Å²) in [5.41, 5.74) is 2.97. The molecule has 1 aromatic carbocycles. The Morgan fingerprint density at radius 3 is 2.67 bits per heavy atom. The molecule has 0 aliphatic carbocycles. The van der Waals surface area contributed by atoms with Crippen molar-refractivity contribution in [1.82, 2.24) is 4.98 Å². The minimum atomic E-state index is 0.803. The fourth-order valence-corrected chi connectivity index (χ4v) is 3.34. The molecule has 0 unspecified atom stereocenters. The Morgan fingerprint density at radius 2 is 2.00 bits per heavy atom. The molecular weight excluding hydrogens is 388 g/mol. The highest BCUT2D eigenvalue weighted by Gasteiger charge is 2.10. The third-order valence-corrected chi connectivity index (χ3v) is 4.13. The van der Waals surface area contributed by atoms with Crippen molar-refractivity contribution < 1.29 is 0 Å². The van der Waals surface area contributed by atoms with Crippen LogP contribution < -0.4 is 0 Å². The van der Waals surface area contributed by atoms with Crippen LogP contribution >= 0.6 is 50.1 Å². The summed E-state index contributed by atoms with van der Waals surface area (Å²) in [4.78, 5) is 4.54. The van der Waals surface area contributed by atoms with Crippen LogP contribution in [0.3, 0.4) is 0 Å². The summed E-state index contributed by atoms with van der Waals surface area (Å²) >= 11 is 12.1. The molecule has 0 saturated heterocycles. The van der Waals surface area contributed by atoms with Crippen molar-refractivity contribution in [3.8, 4) is 0 Å². The van der Waals surface area contributed by atoms with E-state index in [0.29, 0.717) is 0 Å². The van der Waals surface area contributed by atoms with Gasteiger partial charge in [0.05, 0.1) is 10.5 Å². The number of halogens is 3. The minimum absolute atomic E-state index is 0.803. The topological polar surface area (TPSA) is 12.9 Å². The van der Waals surface area contributed by atoms with Crippen LogP contribution in [0.1, 0.15) is 11.3 Å². The second kappa shape index (κ2) is 4.18. The van der Waals surface area contributed by atoms with Crippen LogP contribution in [0.15, 0.2) is 16.6 Å². The highest BCUT2D eigenvalue weighted by molar-refractivity contribution is 14.1. The molecule has 0 atom stereocenters. The summed E-state index contributed by atoms with van der Waals surface area (Å²) in [6.45, 7) is 3.98. The molecule has 15 heavy (non-hydrogen) atoms. The SMILES string of the molecule is Cc1nc2c(Br)cc(I)cc2c(Cl)c1C. The third-order valence-electron chi connectivity index (χ3n) is 2.42. The van der Waals surface area contributed by atoms with Gasteiger partial charge in [-0.05, 0) is 70.1 Å². The molecule has 0 saturated carbocycles. The number of nitrogens with zero attached hydrogens (tertiary/aromatic N) is 1. The van der Waals surface area contributed by atoms with Gasteiger partial charge in [-0.3, -0.25) is 4.98 Å². The van der Waals surface area contributed by atoms with Crippen molar-refractivity contribution in [2.45, 2.75) is 13.8 Å². The smallest absolute Gasteiger partial charge is 0.0863 e. The average Bonchev–Trinajstić information content (AvgIpc) is 2.17. The Morgan fingerprint density at radius 1 is 1.33 bits per heavy atom. The molecule has 1 heterocycles. The maximum Gasteiger partial charge on any atom is 0.0863 e. The normalized spacial score (nSPS) is 11.0. The fraction of sp³-hybridized carbons (Fsp3) is 0.182. The minimum Gasteiger partial charge on any atom is -0.252 e. The van der Waals surface area contributed by atoms with Gasteiger partial charge in [-0.15, -0.1) is 0 Å². The summed E-state index contributed by atoms with van der Waals surface area (Å²) in [5, 5.41) is 1.82. The number of hydrogen-bond acceptors (Lipinski definition) is 1. The number of aryl methyl sites for hydroxylation is 1. The largest absolute Gasteiger partial charge is 0.252 e. The Balaban J connectivity index is 2.98. The number of aromatic nitrogens is 1. The number of fused-ring (bicyclic) bond motifs is 1. The monoisotopic (exact) mass is 395 g/mol. The molecule has 2 aromatic rings. The zero-order valence-corrected chi connectivity index (χ0v) is 12.7. The molecule has 0 aliphatic heterocycles. The van der Waals surface area contributed by atoms with Crippen molar-refractivity contribution in [2.75, 3.05) is 0 Å². The standard InChI is InChI=1S/C11H8BrClIN/c1-5-6(2)15-11-8(10(5)13)3-7(14)4-9(11)12/h3-4H,1-2H3. The van der Waals surface area contributed by atoms with Gasteiger partial charge in [0.15, 0.2) is 0 Å². The van der Waals surface area contributed by atoms with Gasteiger partial charge in [0.25, 0.3) is 0 Å². The molecule has 0 amide bonds. The number of rotatable bonds is 0. The molecule has 2 rings (SSSR count). The number of benzene rings is 1. The second-order valence-corrected chi connectivity index (χ2v) is 5.90. The zero-order valence-electron chi connectivity index (χ0n) is 8.24. The second-order valence-electron chi connectivity index (χ2n) is 3.42. The highest BCUT2D eigenvalue weighted by atomic mass is 127. The van der Waals surface area contributed by atoms with Crippen LogP contribution in [0.4, 0.5) is 0 Å². The molecule has 78 valence electrons. The summed E-state index contributed by atoms with van der Waals surface area (Å²) in [7, 11) is 0. The molecular formula is C11H8BrClIN. The molecule has 0 radical (unpaired) electrons. The Bertz CT molecular complexity index is 554. The quantitative estimate of drug-likeness (QED) is 0.579. The highest BCUT2D eigenvalue weighted by Crippen LogP contribution is 2.33.